The standard InChI is InChI=1S/C23H18ClN3O4S/c1-32(29,30)19-9-5-8-17(12-19)20-14-26-27(15-16-6-3-2-4-7-16)23(28)22(20)31-21-11-10-18(24)13-25-21/h2-14H,15H2,1H3. The molecule has 0 saturated heterocycles. The molecule has 32 heavy (non-hydrogen) atoms. The van der Waals surface area contributed by atoms with Crippen molar-refractivity contribution < 1.29 is 13.2 Å². The van der Waals surface area contributed by atoms with E-state index < -0.39 is 15.4 Å². The van der Waals surface area contributed by atoms with Crippen molar-refractivity contribution >= 4 is 21.4 Å². The molecule has 0 spiro atoms. The van der Waals surface area contributed by atoms with Crippen molar-refractivity contribution in [2.24, 2.45) is 0 Å². The van der Waals surface area contributed by atoms with Gasteiger partial charge in [0.2, 0.25) is 11.6 Å². The summed E-state index contributed by atoms with van der Waals surface area (Å²) < 4.78 is 31.2. The maximum Gasteiger partial charge on any atom is 0.310 e. The zero-order chi connectivity index (χ0) is 22.7. The fourth-order valence-electron chi connectivity index (χ4n) is 3.07. The normalized spacial score (nSPS) is 11.3. The van der Waals surface area contributed by atoms with E-state index in [2.05, 4.69) is 10.1 Å². The van der Waals surface area contributed by atoms with Crippen LogP contribution in [0.4, 0.5) is 0 Å². The second-order valence-corrected chi connectivity index (χ2v) is 9.50. The minimum Gasteiger partial charge on any atom is -0.432 e. The molecule has 0 aliphatic rings. The Morgan fingerprint density at radius 2 is 1.78 bits per heavy atom. The number of sulfone groups is 1. The maximum absolute atomic E-state index is 13.3. The highest BCUT2D eigenvalue weighted by molar-refractivity contribution is 7.90. The lowest BCUT2D eigenvalue weighted by molar-refractivity contribution is 0.444. The van der Waals surface area contributed by atoms with Gasteiger partial charge >= 0.3 is 5.56 Å². The Kier molecular flexibility index (Phi) is 6.07. The molecule has 0 N–H and O–H groups in total. The highest BCUT2D eigenvalue weighted by Gasteiger charge is 2.18. The average Bonchev–Trinajstić information content (AvgIpc) is 2.78. The smallest absolute Gasteiger partial charge is 0.310 e. The van der Waals surface area contributed by atoms with Gasteiger partial charge in [-0.1, -0.05) is 54.1 Å². The van der Waals surface area contributed by atoms with Crippen molar-refractivity contribution in [2.75, 3.05) is 6.26 Å². The Morgan fingerprint density at radius 3 is 2.47 bits per heavy atom. The van der Waals surface area contributed by atoms with Gasteiger partial charge in [-0.25, -0.2) is 18.1 Å². The third-order valence-corrected chi connectivity index (χ3v) is 5.99. The molecule has 0 fully saturated rings. The summed E-state index contributed by atoms with van der Waals surface area (Å²) in [7, 11) is -3.44. The van der Waals surface area contributed by atoms with Crippen molar-refractivity contribution in [2.45, 2.75) is 11.4 Å². The highest BCUT2D eigenvalue weighted by Crippen LogP contribution is 2.31. The van der Waals surface area contributed by atoms with Crippen LogP contribution in [-0.2, 0) is 16.4 Å². The molecule has 4 aromatic rings. The summed E-state index contributed by atoms with van der Waals surface area (Å²) in [5.41, 5.74) is 1.24. The summed E-state index contributed by atoms with van der Waals surface area (Å²) in [5.74, 6) is 0.154. The van der Waals surface area contributed by atoms with Gasteiger partial charge in [0.05, 0.1) is 28.2 Å². The van der Waals surface area contributed by atoms with Gasteiger partial charge in [0.1, 0.15) is 0 Å². The van der Waals surface area contributed by atoms with Crippen LogP contribution in [0.5, 0.6) is 11.6 Å². The van der Waals surface area contributed by atoms with Gasteiger partial charge < -0.3 is 4.74 Å². The summed E-state index contributed by atoms with van der Waals surface area (Å²) in [4.78, 5) is 17.5. The van der Waals surface area contributed by atoms with E-state index in [1.54, 1.807) is 24.3 Å². The molecule has 0 radical (unpaired) electrons. The van der Waals surface area contributed by atoms with E-state index in [0.717, 1.165) is 11.8 Å². The number of halogens is 1. The minimum atomic E-state index is -3.44. The van der Waals surface area contributed by atoms with Crippen molar-refractivity contribution in [3.05, 3.63) is 100 Å². The van der Waals surface area contributed by atoms with E-state index in [1.807, 2.05) is 30.3 Å². The molecule has 4 rings (SSSR count). The Labute approximate surface area is 189 Å². The molecule has 0 aliphatic heterocycles. The minimum absolute atomic E-state index is 0.0172. The van der Waals surface area contributed by atoms with Gasteiger partial charge in [-0.15, -0.1) is 0 Å². The zero-order valence-corrected chi connectivity index (χ0v) is 18.5. The first-order valence-corrected chi connectivity index (χ1v) is 11.8. The molecule has 0 amide bonds. The van der Waals surface area contributed by atoms with Crippen LogP contribution in [0.3, 0.4) is 0 Å². The topological polar surface area (TPSA) is 91.2 Å². The van der Waals surface area contributed by atoms with E-state index in [9.17, 15) is 13.2 Å². The average molecular weight is 468 g/mol. The molecular formula is C23H18ClN3O4S. The predicted molar refractivity (Wildman–Crippen MR) is 122 cm³/mol. The largest absolute Gasteiger partial charge is 0.432 e. The predicted octanol–water partition coefficient (Wildman–Crippen LogP) is 4.20. The lowest BCUT2D eigenvalue weighted by Gasteiger charge is -2.13. The molecule has 2 heterocycles. The van der Waals surface area contributed by atoms with Crippen LogP contribution in [-0.4, -0.2) is 29.4 Å². The number of pyridine rings is 1. The van der Waals surface area contributed by atoms with Crippen molar-refractivity contribution in [1.82, 2.24) is 14.8 Å². The van der Waals surface area contributed by atoms with Gasteiger partial charge in [-0.2, -0.15) is 5.10 Å². The lowest BCUT2D eigenvalue weighted by atomic mass is 10.1. The van der Waals surface area contributed by atoms with E-state index >= 15 is 0 Å². The quantitative estimate of drug-likeness (QED) is 0.422. The van der Waals surface area contributed by atoms with Crippen LogP contribution < -0.4 is 10.3 Å². The zero-order valence-electron chi connectivity index (χ0n) is 17.0. The number of rotatable bonds is 6. The molecule has 0 bridgehead atoms. The first kappa shape index (κ1) is 21.7. The highest BCUT2D eigenvalue weighted by atomic mass is 35.5. The Bertz CT molecular complexity index is 1420. The summed E-state index contributed by atoms with van der Waals surface area (Å²) >= 11 is 5.90. The molecule has 2 aromatic carbocycles. The van der Waals surface area contributed by atoms with Crippen LogP contribution >= 0.6 is 11.6 Å². The number of benzene rings is 2. The first-order chi connectivity index (χ1) is 15.3. The van der Waals surface area contributed by atoms with E-state index in [-0.39, 0.29) is 23.1 Å². The summed E-state index contributed by atoms with van der Waals surface area (Å²) in [6.45, 7) is 0.244. The van der Waals surface area contributed by atoms with Gasteiger partial charge in [0.25, 0.3) is 0 Å². The molecule has 0 aliphatic carbocycles. The summed E-state index contributed by atoms with van der Waals surface area (Å²) in [6, 6.07) is 18.8. The Hall–Kier alpha value is -3.49. The second kappa shape index (κ2) is 8.94. The second-order valence-electron chi connectivity index (χ2n) is 7.05. The Morgan fingerprint density at radius 1 is 1.00 bits per heavy atom. The fraction of sp³-hybridized carbons (Fsp3) is 0.0870. The van der Waals surface area contributed by atoms with E-state index in [1.165, 1.54) is 29.2 Å². The van der Waals surface area contributed by atoms with Crippen LogP contribution in [0, 0.1) is 0 Å². The number of hydrogen-bond acceptors (Lipinski definition) is 6. The number of hydrogen-bond donors (Lipinski definition) is 0. The molecule has 0 atom stereocenters. The molecular weight excluding hydrogens is 450 g/mol. The molecule has 2 aromatic heterocycles. The summed E-state index contributed by atoms with van der Waals surface area (Å²) in [5, 5.41) is 4.72. The monoisotopic (exact) mass is 467 g/mol. The van der Waals surface area contributed by atoms with Crippen molar-refractivity contribution in [3.8, 4) is 22.8 Å². The van der Waals surface area contributed by atoms with E-state index in [0.29, 0.717) is 16.1 Å². The number of nitrogens with zero attached hydrogens (tertiary/aromatic N) is 3. The molecule has 9 heteroatoms. The van der Waals surface area contributed by atoms with Crippen LogP contribution in [0.1, 0.15) is 5.56 Å². The molecule has 0 saturated carbocycles. The third-order valence-electron chi connectivity index (χ3n) is 4.65. The van der Waals surface area contributed by atoms with Gasteiger partial charge in [0.15, 0.2) is 9.84 Å². The van der Waals surface area contributed by atoms with Crippen LogP contribution in [0.2, 0.25) is 5.02 Å². The lowest BCUT2D eigenvalue weighted by Crippen LogP contribution is -2.25. The van der Waals surface area contributed by atoms with Crippen molar-refractivity contribution in [1.29, 1.82) is 0 Å². The third kappa shape index (κ3) is 4.87. The molecule has 7 nitrogen and oxygen atoms in total. The van der Waals surface area contributed by atoms with Crippen LogP contribution in [0.15, 0.2) is 88.8 Å². The molecule has 162 valence electrons. The van der Waals surface area contributed by atoms with Gasteiger partial charge in [-0.3, -0.25) is 4.79 Å². The van der Waals surface area contributed by atoms with Gasteiger partial charge in [0, 0.05) is 18.5 Å². The maximum atomic E-state index is 13.3. The SMILES string of the molecule is CS(=O)(=O)c1cccc(-c2cnn(Cc3ccccc3)c(=O)c2Oc2ccc(Cl)cn2)c1. The number of aromatic nitrogens is 3. The van der Waals surface area contributed by atoms with Crippen LogP contribution in [0.25, 0.3) is 11.1 Å². The molecule has 0 unspecified atom stereocenters. The first-order valence-electron chi connectivity index (χ1n) is 9.55. The van der Waals surface area contributed by atoms with Gasteiger partial charge in [-0.05, 0) is 29.3 Å². The summed E-state index contributed by atoms with van der Waals surface area (Å²) in [6.07, 6.45) is 4.01. The van der Waals surface area contributed by atoms with E-state index in [4.69, 9.17) is 16.3 Å². The van der Waals surface area contributed by atoms with Crippen molar-refractivity contribution in [3.63, 3.8) is 0 Å². The fourth-order valence-corrected chi connectivity index (χ4v) is 3.84. The Balaban J connectivity index is 1.84. The number of ether oxygens (including phenoxy) is 1.